The lowest BCUT2D eigenvalue weighted by atomic mass is 10.2. The van der Waals surface area contributed by atoms with Crippen LogP contribution < -0.4 is 20.7 Å². The van der Waals surface area contributed by atoms with Gasteiger partial charge in [0.05, 0.1) is 24.9 Å². The average Bonchev–Trinajstić information content (AvgIpc) is 3.10. The fraction of sp³-hybridized carbons (Fsp3) is 0.158. The van der Waals surface area contributed by atoms with E-state index in [1.54, 1.807) is 36.4 Å². The Balaban J connectivity index is 1.65. The second-order valence-electron chi connectivity index (χ2n) is 5.94. The first kappa shape index (κ1) is 18.9. The van der Waals surface area contributed by atoms with Gasteiger partial charge in [-0.1, -0.05) is 18.2 Å². The summed E-state index contributed by atoms with van der Waals surface area (Å²) in [6.07, 6.45) is 0. The van der Waals surface area contributed by atoms with Crippen molar-refractivity contribution in [2.75, 3.05) is 24.3 Å². The molecule has 3 amide bonds. The average molecular weight is 381 g/mol. The van der Waals surface area contributed by atoms with Crippen molar-refractivity contribution in [1.29, 1.82) is 0 Å². The smallest absolute Gasteiger partial charge is 0.272 e. The molecule has 0 atom stereocenters. The molecule has 0 spiro atoms. The number of carbonyl (C=O) groups is 3. The largest absolute Gasteiger partial charge is 0.495 e. The van der Waals surface area contributed by atoms with E-state index in [-0.39, 0.29) is 18.1 Å². The standard InChI is InChI=1S/C19H19N5O4/c1-11(25)21-12-7-8-16(28-2)15(9-12)22-17(26)10-20-19(27)18-13-5-3-4-6-14(13)23-24-18/h3-9H,10H2,1-2H3,(H,20,27)(H,21,25)(H,22,26)(H,23,24). The Labute approximate surface area is 160 Å². The minimum absolute atomic E-state index is 0.216. The normalized spacial score (nSPS) is 10.4. The SMILES string of the molecule is COc1ccc(NC(C)=O)cc1NC(=O)CNC(=O)c1n[nH]c2ccccc12. The second-order valence-corrected chi connectivity index (χ2v) is 5.94. The summed E-state index contributed by atoms with van der Waals surface area (Å²) in [6.45, 7) is 1.13. The summed E-state index contributed by atoms with van der Waals surface area (Å²) >= 11 is 0. The van der Waals surface area contributed by atoms with Crippen LogP contribution in [0.5, 0.6) is 5.75 Å². The first-order valence-corrected chi connectivity index (χ1v) is 8.44. The highest BCUT2D eigenvalue weighted by Gasteiger charge is 2.15. The molecule has 144 valence electrons. The van der Waals surface area contributed by atoms with E-state index in [1.165, 1.54) is 14.0 Å². The van der Waals surface area contributed by atoms with Crippen molar-refractivity contribution in [1.82, 2.24) is 15.5 Å². The number of methoxy groups -OCH3 is 1. The van der Waals surface area contributed by atoms with Gasteiger partial charge in [-0.15, -0.1) is 0 Å². The highest BCUT2D eigenvalue weighted by atomic mass is 16.5. The molecule has 0 aliphatic rings. The maximum Gasteiger partial charge on any atom is 0.272 e. The van der Waals surface area contributed by atoms with Gasteiger partial charge in [0.2, 0.25) is 11.8 Å². The van der Waals surface area contributed by atoms with Crippen LogP contribution in [0, 0.1) is 0 Å². The molecule has 1 heterocycles. The maximum atomic E-state index is 12.3. The zero-order valence-electron chi connectivity index (χ0n) is 15.3. The molecule has 3 aromatic rings. The van der Waals surface area contributed by atoms with E-state index in [9.17, 15) is 14.4 Å². The molecule has 0 aliphatic heterocycles. The number of H-pyrrole nitrogens is 1. The van der Waals surface area contributed by atoms with E-state index in [0.717, 1.165) is 5.52 Å². The third-order valence-corrected chi connectivity index (χ3v) is 3.89. The molecule has 1 aromatic heterocycles. The zero-order chi connectivity index (χ0) is 20.1. The highest BCUT2D eigenvalue weighted by Crippen LogP contribution is 2.27. The van der Waals surface area contributed by atoms with Crippen molar-refractivity contribution < 1.29 is 19.1 Å². The molecule has 0 bridgehead atoms. The fourth-order valence-corrected chi connectivity index (χ4v) is 2.66. The van der Waals surface area contributed by atoms with Crippen molar-refractivity contribution in [3.63, 3.8) is 0 Å². The lowest BCUT2D eigenvalue weighted by molar-refractivity contribution is -0.115. The van der Waals surface area contributed by atoms with Gasteiger partial charge < -0.3 is 20.7 Å². The van der Waals surface area contributed by atoms with Gasteiger partial charge in [-0.05, 0) is 24.3 Å². The second kappa shape index (κ2) is 8.21. The minimum Gasteiger partial charge on any atom is -0.495 e. The van der Waals surface area contributed by atoms with Crippen molar-refractivity contribution in [3.05, 3.63) is 48.2 Å². The van der Waals surface area contributed by atoms with Gasteiger partial charge >= 0.3 is 0 Å². The van der Waals surface area contributed by atoms with E-state index >= 15 is 0 Å². The number of benzene rings is 2. The molecule has 0 saturated carbocycles. The van der Waals surface area contributed by atoms with Crippen LogP contribution in [0.25, 0.3) is 10.9 Å². The topological polar surface area (TPSA) is 125 Å². The monoisotopic (exact) mass is 381 g/mol. The van der Waals surface area contributed by atoms with Crippen LogP contribution in [0.4, 0.5) is 11.4 Å². The summed E-state index contributed by atoms with van der Waals surface area (Å²) in [5.41, 5.74) is 1.83. The number of fused-ring (bicyclic) bond motifs is 1. The number of carbonyl (C=O) groups excluding carboxylic acids is 3. The number of aromatic amines is 1. The van der Waals surface area contributed by atoms with Gasteiger partial charge in [-0.3, -0.25) is 19.5 Å². The Bertz CT molecular complexity index is 1040. The van der Waals surface area contributed by atoms with Gasteiger partial charge in [0.25, 0.3) is 5.91 Å². The highest BCUT2D eigenvalue weighted by molar-refractivity contribution is 6.06. The summed E-state index contributed by atoms with van der Waals surface area (Å²) in [4.78, 5) is 35.8. The van der Waals surface area contributed by atoms with Crippen molar-refractivity contribution in [3.8, 4) is 5.75 Å². The number of rotatable bonds is 6. The summed E-state index contributed by atoms with van der Waals surface area (Å²) in [6, 6.07) is 12.1. The number of aromatic nitrogens is 2. The van der Waals surface area contributed by atoms with Gasteiger partial charge in [-0.2, -0.15) is 5.10 Å². The van der Waals surface area contributed by atoms with Crippen LogP contribution in [-0.4, -0.2) is 41.6 Å². The van der Waals surface area contributed by atoms with Gasteiger partial charge in [-0.25, -0.2) is 0 Å². The van der Waals surface area contributed by atoms with E-state index < -0.39 is 11.8 Å². The molecule has 0 radical (unpaired) electrons. The van der Waals surface area contributed by atoms with Gasteiger partial charge in [0.1, 0.15) is 5.75 Å². The third-order valence-electron chi connectivity index (χ3n) is 3.89. The number of hydrogen-bond acceptors (Lipinski definition) is 5. The first-order chi connectivity index (χ1) is 13.5. The molecular weight excluding hydrogens is 362 g/mol. The number of ether oxygens (including phenoxy) is 1. The van der Waals surface area contributed by atoms with Crippen LogP contribution in [0.3, 0.4) is 0 Å². The molecule has 0 fully saturated rings. The minimum atomic E-state index is -0.466. The Morgan fingerprint density at radius 3 is 2.64 bits per heavy atom. The van der Waals surface area contributed by atoms with Crippen molar-refractivity contribution in [2.24, 2.45) is 0 Å². The van der Waals surface area contributed by atoms with Gasteiger partial charge in [0.15, 0.2) is 5.69 Å². The Hall–Kier alpha value is -3.88. The number of nitrogens with zero attached hydrogens (tertiary/aromatic N) is 1. The van der Waals surface area contributed by atoms with Crippen molar-refractivity contribution >= 4 is 40.0 Å². The van der Waals surface area contributed by atoms with Crippen LogP contribution in [0.1, 0.15) is 17.4 Å². The number of para-hydroxylation sites is 1. The van der Waals surface area contributed by atoms with E-state index in [0.29, 0.717) is 22.5 Å². The Kier molecular flexibility index (Phi) is 5.54. The third kappa shape index (κ3) is 4.26. The van der Waals surface area contributed by atoms with Crippen molar-refractivity contribution in [2.45, 2.75) is 6.92 Å². The Morgan fingerprint density at radius 1 is 1.11 bits per heavy atom. The predicted molar refractivity (Wildman–Crippen MR) is 104 cm³/mol. The van der Waals surface area contributed by atoms with Crippen LogP contribution in [0.15, 0.2) is 42.5 Å². The number of anilines is 2. The molecule has 28 heavy (non-hydrogen) atoms. The Morgan fingerprint density at radius 2 is 1.89 bits per heavy atom. The van der Waals surface area contributed by atoms with Crippen LogP contribution in [-0.2, 0) is 9.59 Å². The molecular formula is C19H19N5O4. The molecule has 9 heteroatoms. The lowest BCUT2D eigenvalue weighted by Gasteiger charge is -2.12. The summed E-state index contributed by atoms with van der Waals surface area (Å²) in [5, 5.41) is 15.3. The first-order valence-electron chi connectivity index (χ1n) is 8.44. The number of nitrogens with one attached hydrogen (secondary N) is 4. The fourth-order valence-electron chi connectivity index (χ4n) is 2.66. The summed E-state index contributed by atoms with van der Waals surface area (Å²) in [5.74, 6) is -0.731. The number of amides is 3. The number of hydrogen-bond donors (Lipinski definition) is 4. The maximum absolute atomic E-state index is 12.3. The van der Waals surface area contributed by atoms with E-state index in [2.05, 4.69) is 26.1 Å². The van der Waals surface area contributed by atoms with E-state index in [4.69, 9.17) is 4.74 Å². The molecule has 4 N–H and O–H groups in total. The van der Waals surface area contributed by atoms with Crippen LogP contribution >= 0.6 is 0 Å². The van der Waals surface area contributed by atoms with Gasteiger partial charge in [0, 0.05) is 18.0 Å². The molecule has 9 nitrogen and oxygen atoms in total. The summed E-state index contributed by atoms with van der Waals surface area (Å²) < 4.78 is 5.21. The quantitative estimate of drug-likeness (QED) is 0.519. The zero-order valence-corrected chi connectivity index (χ0v) is 15.3. The molecule has 2 aromatic carbocycles. The molecule has 3 rings (SSSR count). The lowest BCUT2D eigenvalue weighted by Crippen LogP contribution is -2.33. The molecule has 0 saturated heterocycles. The van der Waals surface area contributed by atoms with E-state index in [1.807, 2.05) is 6.07 Å². The summed E-state index contributed by atoms with van der Waals surface area (Å²) in [7, 11) is 1.47. The molecule has 0 unspecified atom stereocenters. The van der Waals surface area contributed by atoms with Crippen LogP contribution in [0.2, 0.25) is 0 Å². The molecule has 0 aliphatic carbocycles. The predicted octanol–water partition coefficient (Wildman–Crippen LogP) is 1.90.